The maximum Gasteiger partial charge on any atom is 0.567 e. The van der Waals surface area contributed by atoms with E-state index in [-0.39, 0.29) is 11.5 Å². The smallest absolute Gasteiger partial charge is 0.394 e. The fourth-order valence-corrected chi connectivity index (χ4v) is 3.03. The molecule has 0 amide bonds. The summed E-state index contributed by atoms with van der Waals surface area (Å²) in [6, 6.07) is 0. The number of nitrogens with zero attached hydrogens (tertiary/aromatic N) is 4. The highest BCUT2D eigenvalue weighted by molar-refractivity contribution is 7.53. The molecule has 1 aliphatic heterocycles. The lowest BCUT2D eigenvalue weighted by Crippen LogP contribution is -2.36. The van der Waals surface area contributed by atoms with E-state index in [4.69, 9.17) is 25.2 Å². The van der Waals surface area contributed by atoms with Crippen LogP contribution < -0.4 is 5.73 Å². The zero-order valence-electron chi connectivity index (χ0n) is 11.5. The average Bonchev–Trinajstić information content (AvgIpc) is 3.01. The summed E-state index contributed by atoms with van der Waals surface area (Å²) in [5.74, 6) is 0.138. The van der Waals surface area contributed by atoms with Crippen molar-refractivity contribution < 1.29 is 34.2 Å². The van der Waals surface area contributed by atoms with Crippen LogP contribution in [-0.2, 0) is 9.26 Å². The lowest BCUT2D eigenvalue weighted by molar-refractivity contribution is -0.0514. The molecule has 7 N–H and O–H groups in total. The number of rotatable bonds is 4. The fourth-order valence-electron chi connectivity index (χ4n) is 2.45. The van der Waals surface area contributed by atoms with Gasteiger partial charge < -0.3 is 20.7 Å². The molecule has 1 aliphatic rings. The van der Waals surface area contributed by atoms with Crippen LogP contribution in [-0.4, -0.2) is 69.3 Å². The first-order valence-corrected chi connectivity index (χ1v) is 8.01. The molecule has 13 heteroatoms. The SMILES string of the molecule is Nc1ncnc2c1ncn2[C@@H]1O[C@H](CO)C(O[P+](O)(O)O)C1O. The van der Waals surface area contributed by atoms with E-state index in [0.29, 0.717) is 5.52 Å². The monoisotopic (exact) mass is 348 g/mol. The largest absolute Gasteiger partial charge is 0.567 e. The van der Waals surface area contributed by atoms with Gasteiger partial charge in [-0.2, -0.15) is 14.7 Å². The van der Waals surface area contributed by atoms with Crippen molar-refractivity contribution >= 4 is 25.2 Å². The molecule has 0 saturated carbocycles. The summed E-state index contributed by atoms with van der Waals surface area (Å²) < 4.78 is 11.4. The van der Waals surface area contributed by atoms with E-state index < -0.39 is 39.3 Å². The van der Waals surface area contributed by atoms with Crippen LogP contribution in [0.1, 0.15) is 6.23 Å². The molecule has 0 radical (unpaired) electrons. The number of imidazole rings is 1. The van der Waals surface area contributed by atoms with Gasteiger partial charge in [-0.05, 0) is 0 Å². The summed E-state index contributed by atoms with van der Waals surface area (Å²) in [6.07, 6.45) is -2.48. The number of hydrogen-bond donors (Lipinski definition) is 6. The lowest BCUT2D eigenvalue weighted by atomic mass is 10.1. The number of aliphatic hydroxyl groups is 2. The molecule has 1 fully saturated rings. The zero-order chi connectivity index (χ0) is 16.8. The van der Waals surface area contributed by atoms with Crippen LogP contribution in [0.15, 0.2) is 12.7 Å². The predicted octanol–water partition coefficient (Wildman–Crippen LogP) is -2.30. The van der Waals surface area contributed by atoms with Crippen LogP contribution in [0, 0.1) is 0 Å². The molecule has 3 rings (SSSR count). The van der Waals surface area contributed by atoms with Gasteiger partial charge in [-0.1, -0.05) is 0 Å². The van der Waals surface area contributed by atoms with Crippen molar-refractivity contribution in [3.05, 3.63) is 12.7 Å². The van der Waals surface area contributed by atoms with Gasteiger partial charge in [0.2, 0.25) is 0 Å². The van der Waals surface area contributed by atoms with Crippen molar-refractivity contribution in [3.8, 4) is 0 Å². The Bertz CT molecular complexity index is 706. The first kappa shape index (κ1) is 16.4. The van der Waals surface area contributed by atoms with Crippen molar-refractivity contribution in [1.29, 1.82) is 0 Å². The Morgan fingerprint density at radius 3 is 2.70 bits per heavy atom. The number of aromatic nitrogens is 4. The van der Waals surface area contributed by atoms with Crippen molar-refractivity contribution in [2.45, 2.75) is 24.5 Å². The van der Waals surface area contributed by atoms with Gasteiger partial charge in [-0.3, -0.25) is 4.57 Å². The maximum absolute atomic E-state index is 10.3. The molecule has 0 aromatic carbocycles. The fraction of sp³-hybridized carbons (Fsp3) is 0.500. The minimum Gasteiger partial charge on any atom is -0.394 e. The van der Waals surface area contributed by atoms with E-state index in [9.17, 15) is 10.2 Å². The highest BCUT2D eigenvalue weighted by Gasteiger charge is 2.53. The van der Waals surface area contributed by atoms with Gasteiger partial charge in [0.25, 0.3) is 0 Å². The van der Waals surface area contributed by atoms with Crippen LogP contribution >= 0.6 is 8.17 Å². The Morgan fingerprint density at radius 2 is 2.04 bits per heavy atom. The quantitative estimate of drug-likeness (QED) is 0.326. The topological polar surface area (TPSA) is 189 Å². The molecule has 0 spiro atoms. The van der Waals surface area contributed by atoms with Crippen LogP contribution in [0.4, 0.5) is 5.82 Å². The zero-order valence-corrected chi connectivity index (χ0v) is 12.4. The van der Waals surface area contributed by atoms with Gasteiger partial charge in [-0.15, -0.1) is 4.52 Å². The molecule has 4 atom stereocenters. The van der Waals surface area contributed by atoms with E-state index in [1.807, 2.05) is 0 Å². The molecule has 2 unspecified atom stereocenters. The van der Waals surface area contributed by atoms with Gasteiger partial charge in [0.15, 0.2) is 23.8 Å². The molecule has 23 heavy (non-hydrogen) atoms. The van der Waals surface area contributed by atoms with E-state index in [1.54, 1.807) is 0 Å². The summed E-state index contributed by atoms with van der Waals surface area (Å²) in [5, 5.41) is 19.6. The van der Waals surface area contributed by atoms with Gasteiger partial charge in [-0.25, -0.2) is 15.0 Å². The molecule has 2 aromatic heterocycles. The third-order valence-corrected chi connectivity index (χ3v) is 3.94. The summed E-state index contributed by atoms with van der Waals surface area (Å²) in [7, 11) is -4.63. The second-order valence-electron chi connectivity index (χ2n) is 4.90. The van der Waals surface area contributed by atoms with Crippen LogP contribution in [0.5, 0.6) is 0 Å². The highest BCUT2D eigenvalue weighted by Crippen LogP contribution is 2.50. The minimum atomic E-state index is -4.63. The number of ether oxygens (including phenoxy) is 1. The average molecular weight is 348 g/mol. The molecule has 12 nitrogen and oxygen atoms in total. The molecule has 2 aromatic rings. The number of aliphatic hydroxyl groups excluding tert-OH is 2. The normalized spacial score (nSPS) is 28.6. The predicted molar refractivity (Wildman–Crippen MR) is 75.2 cm³/mol. The summed E-state index contributed by atoms with van der Waals surface area (Å²) >= 11 is 0. The number of nitrogen functional groups attached to an aromatic ring is 1. The third kappa shape index (κ3) is 2.98. The molecule has 0 bridgehead atoms. The van der Waals surface area contributed by atoms with Crippen LogP contribution in [0.3, 0.4) is 0 Å². The van der Waals surface area contributed by atoms with Crippen LogP contribution in [0.25, 0.3) is 11.2 Å². The van der Waals surface area contributed by atoms with E-state index in [2.05, 4.69) is 19.5 Å². The van der Waals surface area contributed by atoms with Gasteiger partial charge in [0.1, 0.15) is 24.1 Å². The molecular formula is C10H15N5O7P+. The van der Waals surface area contributed by atoms with Gasteiger partial charge in [0.05, 0.1) is 12.9 Å². The molecular weight excluding hydrogens is 333 g/mol. The Balaban J connectivity index is 1.95. The standard InChI is InChI=1S/C10H15N5O7P/c11-8-5-9(13-2-12-8)15(3-14-5)10-6(17)7(4(1-16)21-10)22-23(18,19)20/h2-4,6-7,10,16-20H,1H2,(H2,11,12,13)/q+1/t4-,6?,7?,10-/m1/s1. The second-order valence-corrected chi connectivity index (χ2v) is 6.14. The first-order valence-electron chi connectivity index (χ1n) is 6.45. The lowest BCUT2D eigenvalue weighted by Gasteiger charge is -2.17. The van der Waals surface area contributed by atoms with Crippen molar-refractivity contribution in [2.75, 3.05) is 12.3 Å². The molecule has 0 aliphatic carbocycles. The van der Waals surface area contributed by atoms with E-state index >= 15 is 0 Å². The van der Waals surface area contributed by atoms with Crippen molar-refractivity contribution in [3.63, 3.8) is 0 Å². The first-order chi connectivity index (χ1) is 10.8. The second kappa shape index (κ2) is 5.85. The van der Waals surface area contributed by atoms with Crippen molar-refractivity contribution in [1.82, 2.24) is 19.5 Å². The number of nitrogens with two attached hydrogens (primary N) is 1. The Labute approximate surface area is 129 Å². The maximum atomic E-state index is 10.3. The Kier molecular flexibility index (Phi) is 4.16. The minimum absolute atomic E-state index is 0.138. The summed E-state index contributed by atoms with van der Waals surface area (Å²) in [6.45, 7) is -0.581. The van der Waals surface area contributed by atoms with Gasteiger partial charge in [0, 0.05) is 0 Å². The van der Waals surface area contributed by atoms with Gasteiger partial charge >= 0.3 is 8.17 Å². The molecule has 1 saturated heterocycles. The third-order valence-electron chi connectivity index (χ3n) is 3.41. The van der Waals surface area contributed by atoms with E-state index in [0.717, 1.165) is 0 Å². The number of hydrogen-bond acceptors (Lipinski definition) is 11. The summed E-state index contributed by atoms with van der Waals surface area (Å²) in [4.78, 5) is 38.9. The Hall–Kier alpha value is -1.50. The number of fused-ring (bicyclic) bond motifs is 1. The Morgan fingerprint density at radius 1 is 1.30 bits per heavy atom. The van der Waals surface area contributed by atoms with Crippen LogP contribution in [0.2, 0.25) is 0 Å². The molecule has 126 valence electrons. The highest BCUT2D eigenvalue weighted by atomic mass is 31.2. The summed E-state index contributed by atoms with van der Waals surface area (Å²) in [5.41, 5.74) is 6.25. The molecule has 3 heterocycles. The number of anilines is 1. The van der Waals surface area contributed by atoms with E-state index in [1.165, 1.54) is 17.2 Å². The van der Waals surface area contributed by atoms with Crippen molar-refractivity contribution in [2.24, 2.45) is 0 Å².